The number of aromatic nitrogens is 1. The highest BCUT2D eigenvalue weighted by atomic mass is 16.5. The first kappa shape index (κ1) is 18.0. The van der Waals surface area contributed by atoms with Gasteiger partial charge in [0.15, 0.2) is 0 Å². The van der Waals surface area contributed by atoms with Gasteiger partial charge in [-0.2, -0.15) is 5.26 Å². The minimum atomic E-state index is 0.00677. The predicted octanol–water partition coefficient (Wildman–Crippen LogP) is 1.83. The second kappa shape index (κ2) is 9.04. The van der Waals surface area contributed by atoms with E-state index in [-0.39, 0.29) is 12.0 Å². The van der Waals surface area contributed by atoms with Crippen molar-refractivity contribution in [3.8, 4) is 11.9 Å². The van der Waals surface area contributed by atoms with Gasteiger partial charge < -0.3 is 9.64 Å². The number of hydrogen-bond acceptors (Lipinski definition) is 5. The number of rotatable bonds is 7. The Bertz CT molecular complexity index is 586. The lowest BCUT2D eigenvalue weighted by atomic mass is 10.1. The maximum atomic E-state index is 11.4. The monoisotopic (exact) mass is 328 g/mol. The van der Waals surface area contributed by atoms with E-state index in [0.29, 0.717) is 11.4 Å². The first-order valence-corrected chi connectivity index (χ1v) is 8.24. The van der Waals surface area contributed by atoms with Crippen LogP contribution in [0.3, 0.4) is 0 Å². The molecule has 0 N–H and O–H groups in total. The van der Waals surface area contributed by atoms with Crippen molar-refractivity contribution < 1.29 is 9.53 Å². The zero-order chi connectivity index (χ0) is 17.4. The van der Waals surface area contributed by atoms with Crippen molar-refractivity contribution in [3.63, 3.8) is 0 Å². The van der Waals surface area contributed by atoms with Crippen LogP contribution in [-0.2, 0) is 4.79 Å². The summed E-state index contributed by atoms with van der Waals surface area (Å²) in [5.74, 6) is 0.668. The van der Waals surface area contributed by atoms with Gasteiger partial charge >= 0.3 is 0 Å². The van der Waals surface area contributed by atoms with Gasteiger partial charge in [-0.3, -0.25) is 9.69 Å². The molecule has 6 heteroatoms. The van der Waals surface area contributed by atoms with Gasteiger partial charge in [0.2, 0.25) is 11.8 Å². The molecule has 24 heavy (non-hydrogen) atoms. The Morgan fingerprint density at radius 2 is 2.21 bits per heavy atom. The van der Waals surface area contributed by atoms with Gasteiger partial charge in [-0.05, 0) is 18.9 Å². The quantitative estimate of drug-likeness (QED) is 0.714. The second-order valence-corrected chi connectivity index (χ2v) is 5.91. The third-order valence-corrected chi connectivity index (χ3v) is 4.13. The van der Waals surface area contributed by atoms with Crippen LogP contribution in [0.25, 0.3) is 0 Å². The largest absolute Gasteiger partial charge is 0.473 e. The maximum Gasteiger partial charge on any atom is 0.219 e. The minimum absolute atomic E-state index is 0.00677. The molecule has 0 aromatic carbocycles. The standard InChI is InChI=1S/C18H24N4O2/c1-3-4-5-17(24-18-7-6-16(12-19)13-20-18)14-21-8-10-22(11-9-21)15(2)23/h3,6-7,13,17H,1,4-5,8-11,14H2,2H3/t17-/m0/s1. The average Bonchev–Trinajstić information content (AvgIpc) is 2.60. The number of carbonyl (C=O) groups excluding carboxylic acids is 1. The van der Waals surface area contributed by atoms with Crippen LogP contribution < -0.4 is 4.74 Å². The summed E-state index contributed by atoms with van der Waals surface area (Å²) in [6, 6.07) is 5.49. The van der Waals surface area contributed by atoms with E-state index >= 15 is 0 Å². The zero-order valence-corrected chi connectivity index (χ0v) is 14.1. The maximum absolute atomic E-state index is 11.4. The first-order chi connectivity index (χ1) is 11.6. The lowest BCUT2D eigenvalue weighted by molar-refractivity contribution is -0.130. The van der Waals surface area contributed by atoms with E-state index in [1.54, 1.807) is 19.1 Å². The van der Waals surface area contributed by atoms with E-state index in [1.165, 1.54) is 6.20 Å². The summed E-state index contributed by atoms with van der Waals surface area (Å²) in [6.45, 7) is 9.42. The molecule has 0 radical (unpaired) electrons. The van der Waals surface area contributed by atoms with Gasteiger partial charge in [-0.25, -0.2) is 4.98 Å². The third-order valence-electron chi connectivity index (χ3n) is 4.13. The topological polar surface area (TPSA) is 69.5 Å². The summed E-state index contributed by atoms with van der Waals surface area (Å²) < 4.78 is 6.00. The van der Waals surface area contributed by atoms with Crippen molar-refractivity contribution in [1.29, 1.82) is 5.26 Å². The molecule has 1 aromatic heterocycles. The number of pyridine rings is 1. The van der Waals surface area contributed by atoms with Crippen LogP contribution in [0.5, 0.6) is 5.88 Å². The van der Waals surface area contributed by atoms with E-state index in [4.69, 9.17) is 10.00 Å². The molecule has 2 rings (SSSR count). The number of carbonyl (C=O) groups is 1. The molecular formula is C18H24N4O2. The SMILES string of the molecule is C=CCC[C@@H](CN1CCN(C(C)=O)CC1)Oc1ccc(C#N)cn1. The van der Waals surface area contributed by atoms with Crippen LogP contribution in [0, 0.1) is 11.3 Å². The summed E-state index contributed by atoms with van der Waals surface area (Å²) in [6.07, 6.45) is 5.14. The number of piperazine rings is 1. The molecular weight excluding hydrogens is 304 g/mol. The van der Waals surface area contributed by atoms with Crippen molar-refractivity contribution in [3.05, 3.63) is 36.5 Å². The molecule has 0 bridgehead atoms. The van der Waals surface area contributed by atoms with E-state index < -0.39 is 0 Å². The smallest absolute Gasteiger partial charge is 0.219 e. The summed E-state index contributed by atoms with van der Waals surface area (Å²) in [7, 11) is 0. The summed E-state index contributed by atoms with van der Waals surface area (Å²) in [5.41, 5.74) is 0.519. The van der Waals surface area contributed by atoms with E-state index in [2.05, 4.69) is 16.5 Å². The Morgan fingerprint density at radius 1 is 1.46 bits per heavy atom. The molecule has 0 saturated carbocycles. The summed E-state index contributed by atoms with van der Waals surface area (Å²) in [4.78, 5) is 19.8. The van der Waals surface area contributed by atoms with Gasteiger partial charge in [-0.1, -0.05) is 6.08 Å². The zero-order valence-electron chi connectivity index (χ0n) is 14.1. The molecule has 128 valence electrons. The number of nitrogens with zero attached hydrogens (tertiary/aromatic N) is 4. The lowest BCUT2D eigenvalue weighted by Gasteiger charge is -2.35. The minimum Gasteiger partial charge on any atom is -0.473 e. The predicted molar refractivity (Wildman–Crippen MR) is 91.5 cm³/mol. The van der Waals surface area contributed by atoms with Crippen molar-refractivity contribution in [2.75, 3.05) is 32.7 Å². The average molecular weight is 328 g/mol. The van der Waals surface area contributed by atoms with E-state index in [0.717, 1.165) is 45.6 Å². The molecule has 1 aromatic rings. The number of ether oxygens (including phenoxy) is 1. The van der Waals surface area contributed by atoms with Crippen LogP contribution in [0.1, 0.15) is 25.3 Å². The van der Waals surface area contributed by atoms with Gasteiger partial charge in [-0.15, -0.1) is 6.58 Å². The van der Waals surface area contributed by atoms with Crippen LogP contribution in [0.15, 0.2) is 31.0 Å². The lowest BCUT2D eigenvalue weighted by Crippen LogP contribution is -2.50. The Balaban J connectivity index is 1.91. The summed E-state index contributed by atoms with van der Waals surface area (Å²) >= 11 is 0. The highest BCUT2D eigenvalue weighted by Gasteiger charge is 2.22. The fourth-order valence-corrected chi connectivity index (χ4v) is 2.71. The van der Waals surface area contributed by atoms with Crippen LogP contribution in [0.4, 0.5) is 0 Å². The van der Waals surface area contributed by atoms with Crippen LogP contribution >= 0.6 is 0 Å². The number of amides is 1. The molecule has 1 saturated heterocycles. The Hall–Kier alpha value is -2.39. The van der Waals surface area contributed by atoms with Gasteiger partial charge in [0.1, 0.15) is 12.2 Å². The molecule has 1 atom stereocenters. The molecule has 1 aliphatic heterocycles. The Kier molecular flexibility index (Phi) is 6.76. The van der Waals surface area contributed by atoms with Crippen molar-refractivity contribution in [2.45, 2.75) is 25.9 Å². The van der Waals surface area contributed by atoms with Crippen molar-refractivity contribution >= 4 is 5.91 Å². The molecule has 1 aliphatic rings. The summed E-state index contributed by atoms with van der Waals surface area (Å²) in [5, 5.41) is 8.83. The highest BCUT2D eigenvalue weighted by Crippen LogP contribution is 2.14. The van der Waals surface area contributed by atoms with E-state index in [9.17, 15) is 4.79 Å². The molecule has 0 aliphatic carbocycles. The molecule has 1 amide bonds. The van der Waals surface area contributed by atoms with Gasteiger partial charge in [0.25, 0.3) is 0 Å². The highest BCUT2D eigenvalue weighted by molar-refractivity contribution is 5.73. The van der Waals surface area contributed by atoms with E-state index in [1.807, 2.05) is 17.0 Å². The molecule has 0 unspecified atom stereocenters. The Morgan fingerprint density at radius 3 is 2.75 bits per heavy atom. The normalized spacial score (nSPS) is 16.2. The van der Waals surface area contributed by atoms with Crippen LogP contribution in [-0.4, -0.2) is 59.5 Å². The fraction of sp³-hybridized carbons (Fsp3) is 0.500. The molecule has 1 fully saturated rings. The Labute approximate surface area is 143 Å². The molecule has 6 nitrogen and oxygen atoms in total. The number of nitriles is 1. The second-order valence-electron chi connectivity index (χ2n) is 5.91. The van der Waals surface area contributed by atoms with Crippen molar-refractivity contribution in [2.24, 2.45) is 0 Å². The van der Waals surface area contributed by atoms with Gasteiger partial charge in [0, 0.05) is 51.9 Å². The first-order valence-electron chi connectivity index (χ1n) is 8.24. The number of allylic oxidation sites excluding steroid dienone is 1. The van der Waals surface area contributed by atoms with Crippen LogP contribution in [0.2, 0.25) is 0 Å². The molecule has 2 heterocycles. The molecule has 0 spiro atoms. The van der Waals surface area contributed by atoms with Crippen molar-refractivity contribution in [1.82, 2.24) is 14.8 Å². The third kappa shape index (κ3) is 5.36. The van der Waals surface area contributed by atoms with Gasteiger partial charge in [0.05, 0.1) is 5.56 Å². The number of hydrogen-bond donors (Lipinski definition) is 0. The fourth-order valence-electron chi connectivity index (χ4n) is 2.71.